The number of rotatable bonds is 0. The Morgan fingerprint density at radius 3 is 1.94 bits per heavy atom. The zero-order valence-electron chi connectivity index (χ0n) is 12.9. The molecule has 0 amide bonds. The Hall–Kier alpha value is -0.0800. The molecule has 17 heavy (non-hydrogen) atoms. The number of hydrogen-bond acceptors (Lipinski definition) is 2. The van der Waals surface area contributed by atoms with Gasteiger partial charge in [0.1, 0.15) is 0 Å². The van der Waals surface area contributed by atoms with Crippen LogP contribution in [0.25, 0.3) is 0 Å². The summed E-state index contributed by atoms with van der Waals surface area (Å²) in [5.41, 5.74) is 0.277. The van der Waals surface area contributed by atoms with Gasteiger partial charge in [0.05, 0.1) is 5.60 Å². The highest BCUT2D eigenvalue weighted by Gasteiger charge is 2.37. The van der Waals surface area contributed by atoms with Gasteiger partial charge in [-0.2, -0.15) is 0 Å². The van der Waals surface area contributed by atoms with E-state index in [1.807, 2.05) is 27.7 Å². The number of hydrogen-bond donors (Lipinski definition) is 0. The average Bonchev–Trinajstić information content (AvgIpc) is 2.42. The Morgan fingerprint density at radius 2 is 1.53 bits per heavy atom. The maximum absolute atomic E-state index is 6.04. The summed E-state index contributed by atoms with van der Waals surface area (Å²) in [7, 11) is 2.21. The Labute approximate surface area is 109 Å². The van der Waals surface area contributed by atoms with Crippen molar-refractivity contribution in [3.05, 3.63) is 0 Å². The summed E-state index contributed by atoms with van der Waals surface area (Å²) in [6, 6.07) is 0. The molecule has 0 aliphatic carbocycles. The quantitative estimate of drug-likeness (QED) is 0.639. The van der Waals surface area contributed by atoms with Crippen molar-refractivity contribution >= 4 is 0 Å². The third-order valence-corrected chi connectivity index (χ3v) is 3.67. The second kappa shape index (κ2) is 8.93. The molecule has 0 bridgehead atoms. The SMILES string of the molecule is CC.CC.CC1CCC2(CCN(C)CC2)OC1. The van der Waals surface area contributed by atoms with Gasteiger partial charge in [0.2, 0.25) is 0 Å². The first-order valence-corrected chi connectivity index (χ1v) is 7.53. The highest BCUT2D eigenvalue weighted by atomic mass is 16.5. The minimum Gasteiger partial charge on any atom is -0.375 e. The molecule has 0 N–H and O–H groups in total. The first-order chi connectivity index (χ1) is 8.20. The van der Waals surface area contributed by atoms with E-state index in [9.17, 15) is 0 Å². The standard InChI is InChI=1S/C11H21NO.2C2H6/c1-10-3-4-11(13-9-10)5-7-12(2)8-6-11;2*1-2/h10H,3-9H2,1-2H3;2*1-2H3. The Bertz CT molecular complexity index is 142. The molecule has 1 atom stereocenters. The van der Waals surface area contributed by atoms with Crippen molar-refractivity contribution in [2.24, 2.45) is 5.92 Å². The smallest absolute Gasteiger partial charge is 0.0707 e. The van der Waals surface area contributed by atoms with Crippen molar-refractivity contribution in [3.8, 4) is 0 Å². The Kier molecular flexibility index (Phi) is 8.89. The van der Waals surface area contributed by atoms with Crippen LogP contribution in [0.5, 0.6) is 0 Å². The molecule has 2 heteroatoms. The molecule has 0 radical (unpaired) electrons. The summed E-state index contributed by atoms with van der Waals surface area (Å²) < 4.78 is 6.04. The maximum atomic E-state index is 6.04. The van der Waals surface area contributed by atoms with Crippen LogP contribution in [0, 0.1) is 5.92 Å². The van der Waals surface area contributed by atoms with Gasteiger partial charge in [-0.05, 0) is 38.6 Å². The van der Waals surface area contributed by atoms with E-state index in [2.05, 4.69) is 18.9 Å². The largest absolute Gasteiger partial charge is 0.375 e. The number of nitrogens with zero attached hydrogens (tertiary/aromatic N) is 1. The van der Waals surface area contributed by atoms with Gasteiger partial charge in [-0.15, -0.1) is 0 Å². The van der Waals surface area contributed by atoms with Crippen LogP contribution in [-0.4, -0.2) is 37.2 Å². The van der Waals surface area contributed by atoms with Crippen LogP contribution in [-0.2, 0) is 4.74 Å². The second-order valence-corrected chi connectivity index (χ2v) is 4.94. The van der Waals surface area contributed by atoms with Crippen molar-refractivity contribution in [2.45, 2.75) is 65.9 Å². The van der Waals surface area contributed by atoms with Gasteiger partial charge in [-0.1, -0.05) is 34.6 Å². The van der Waals surface area contributed by atoms with Crippen LogP contribution >= 0.6 is 0 Å². The van der Waals surface area contributed by atoms with Crippen molar-refractivity contribution in [1.29, 1.82) is 0 Å². The summed E-state index contributed by atoms with van der Waals surface area (Å²) in [6.45, 7) is 13.7. The topological polar surface area (TPSA) is 12.5 Å². The van der Waals surface area contributed by atoms with E-state index in [0.717, 1.165) is 12.5 Å². The predicted molar refractivity (Wildman–Crippen MR) is 76.5 cm³/mol. The zero-order valence-corrected chi connectivity index (χ0v) is 12.9. The minimum atomic E-state index is 0.277. The lowest BCUT2D eigenvalue weighted by molar-refractivity contribution is -0.124. The summed E-state index contributed by atoms with van der Waals surface area (Å²) in [5.74, 6) is 0.783. The van der Waals surface area contributed by atoms with E-state index in [1.54, 1.807) is 0 Å². The van der Waals surface area contributed by atoms with Crippen molar-refractivity contribution in [2.75, 3.05) is 26.7 Å². The van der Waals surface area contributed by atoms with Gasteiger partial charge < -0.3 is 9.64 Å². The second-order valence-electron chi connectivity index (χ2n) is 4.94. The molecule has 104 valence electrons. The van der Waals surface area contributed by atoms with Crippen LogP contribution in [0.2, 0.25) is 0 Å². The summed E-state index contributed by atoms with van der Waals surface area (Å²) in [4.78, 5) is 2.41. The molecule has 0 saturated carbocycles. The molecule has 2 fully saturated rings. The molecule has 2 aliphatic rings. The fraction of sp³-hybridized carbons (Fsp3) is 1.00. The van der Waals surface area contributed by atoms with Crippen LogP contribution < -0.4 is 0 Å². The van der Waals surface area contributed by atoms with Crippen molar-refractivity contribution in [3.63, 3.8) is 0 Å². The van der Waals surface area contributed by atoms with E-state index < -0.39 is 0 Å². The lowest BCUT2D eigenvalue weighted by Crippen LogP contribution is -2.47. The summed E-state index contributed by atoms with van der Waals surface area (Å²) in [6.07, 6.45) is 5.15. The van der Waals surface area contributed by atoms with Gasteiger partial charge in [0.25, 0.3) is 0 Å². The Balaban J connectivity index is 0.000000581. The van der Waals surface area contributed by atoms with Gasteiger partial charge in [-0.25, -0.2) is 0 Å². The van der Waals surface area contributed by atoms with Gasteiger partial charge >= 0.3 is 0 Å². The van der Waals surface area contributed by atoms with E-state index in [0.29, 0.717) is 0 Å². The molecule has 1 spiro atoms. The van der Waals surface area contributed by atoms with Crippen LogP contribution in [0.3, 0.4) is 0 Å². The molecule has 2 rings (SSSR count). The first kappa shape index (κ1) is 16.9. The molecule has 2 heterocycles. The van der Waals surface area contributed by atoms with E-state index >= 15 is 0 Å². The lowest BCUT2D eigenvalue weighted by Gasteiger charge is -2.44. The third-order valence-electron chi connectivity index (χ3n) is 3.67. The predicted octanol–water partition coefficient (Wildman–Crippen LogP) is 3.95. The van der Waals surface area contributed by atoms with Crippen LogP contribution in [0.15, 0.2) is 0 Å². The highest BCUT2D eigenvalue weighted by Crippen LogP contribution is 2.35. The number of likely N-dealkylation sites (tertiary alicyclic amines) is 1. The van der Waals surface area contributed by atoms with Gasteiger partial charge in [0.15, 0.2) is 0 Å². The van der Waals surface area contributed by atoms with Crippen molar-refractivity contribution < 1.29 is 4.74 Å². The zero-order chi connectivity index (χ0) is 13.3. The van der Waals surface area contributed by atoms with Crippen LogP contribution in [0.4, 0.5) is 0 Å². The van der Waals surface area contributed by atoms with Crippen molar-refractivity contribution in [1.82, 2.24) is 4.90 Å². The van der Waals surface area contributed by atoms with E-state index in [1.165, 1.54) is 38.8 Å². The lowest BCUT2D eigenvalue weighted by atomic mass is 9.82. The molecule has 0 aromatic heterocycles. The fourth-order valence-corrected chi connectivity index (χ4v) is 2.40. The molecule has 1 unspecified atom stereocenters. The number of piperidine rings is 1. The summed E-state index contributed by atoms with van der Waals surface area (Å²) >= 11 is 0. The Morgan fingerprint density at radius 1 is 1.00 bits per heavy atom. The highest BCUT2D eigenvalue weighted by molar-refractivity contribution is 4.89. The minimum absolute atomic E-state index is 0.277. The monoisotopic (exact) mass is 243 g/mol. The van der Waals surface area contributed by atoms with Crippen LogP contribution in [0.1, 0.15) is 60.3 Å². The third kappa shape index (κ3) is 5.39. The fourth-order valence-electron chi connectivity index (χ4n) is 2.40. The summed E-state index contributed by atoms with van der Waals surface area (Å²) in [5, 5.41) is 0. The van der Waals surface area contributed by atoms with E-state index in [-0.39, 0.29) is 5.60 Å². The molecule has 2 nitrogen and oxygen atoms in total. The first-order valence-electron chi connectivity index (χ1n) is 7.53. The van der Waals surface area contributed by atoms with Gasteiger partial charge in [-0.3, -0.25) is 0 Å². The normalized spacial score (nSPS) is 27.5. The van der Waals surface area contributed by atoms with Gasteiger partial charge in [0, 0.05) is 19.7 Å². The average molecular weight is 243 g/mol. The molecule has 0 aromatic carbocycles. The number of ether oxygens (including phenoxy) is 1. The molecular formula is C15H33NO. The van der Waals surface area contributed by atoms with E-state index in [4.69, 9.17) is 4.74 Å². The molecule has 2 saturated heterocycles. The molecular weight excluding hydrogens is 210 g/mol. The molecule has 0 aromatic rings. The maximum Gasteiger partial charge on any atom is 0.0707 e. The molecule has 2 aliphatic heterocycles.